The van der Waals surface area contributed by atoms with Gasteiger partial charge in [0.1, 0.15) is 5.82 Å². The molecule has 1 aromatic heterocycles. The largest absolute Gasteiger partial charge is 0.384 e. The van der Waals surface area contributed by atoms with Crippen LogP contribution < -0.4 is 10.2 Å². The van der Waals surface area contributed by atoms with Crippen molar-refractivity contribution in [3.05, 3.63) is 58.3 Å². The summed E-state index contributed by atoms with van der Waals surface area (Å²) in [5.74, 6) is 1.08. The van der Waals surface area contributed by atoms with Gasteiger partial charge >= 0.3 is 0 Å². The lowest BCUT2D eigenvalue weighted by molar-refractivity contribution is -0.120. The van der Waals surface area contributed by atoms with Crippen molar-refractivity contribution in [2.45, 2.75) is 31.6 Å². The van der Waals surface area contributed by atoms with Gasteiger partial charge in [-0.3, -0.25) is 9.59 Å². The summed E-state index contributed by atoms with van der Waals surface area (Å²) in [5, 5.41) is 12.7. The number of amides is 2. The molecule has 3 aliphatic rings. The van der Waals surface area contributed by atoms with Crippen LogP contribution in [0.25, 0.3) is 0 Å². The highest BCUT2D eigenvalue weighted by Gasteiger charge is 2.36. The molecule has 1 aromatic carbocycles. The van der Waals surface area contributed by atoms with Crippen LogP contribution in [0, 0.1) is 24.2 Å². The number of rotatable bonds is 6. The van der Waals surface area contributed by atoms with Crippen molar-refractivity contribution in [3.8, 4) is 6.07 Å². The fourth-order valence-electron chi connectivity index (χ4n) is 5.35. The van der Waals surface area contributed by atoms with Gasteiger partial charge in [-0.1, -0.05) is 12.1 Å². The molecule has 8 heteroatoms. The van der Waals surface area contributed by atoms with Crippen molar-refractivity contribution in [3.63, 3.8) is 0 Å². The molecule has 2 aromatic rings. The molecule has 1 saturated carbocycles. The highest BCUT2D eigenvalue weighted by atomic mass is 16.5. The van der Waals surface area contributed by atoms with E-state index in [0.29, 0.717) is 56.4 Å². The van der Waals surface area contributed by atoms with Gasteiger partial charge in [0, 0.05) is 51.9 Å². The Kier molecular flexibility index (Phi) is 6.44. The first-order chi connectivity index (χ1) is 17.0. The molecule has 3 heterocycles. The third kappa shape index (κ3) is 4.61. The number of carbonyl (C=O) groups is 2. The predicted molar refractivity (Wildman–Crippen MR) is 131 cm³/mol. The Morgan fingerprint density at radius 1 is 1.20 bits per heavy atom. The van der Waals surface area contributed by atoms with Gasteiger partial charge in [0.25, 0.3) is 5.91 Å². The monoisotopic (exact) mass is 473 g/mol. The Hall–Kier alpha value is -3.44. The molecule has 0 spiro atoms. The minimum Gasteiger partial charge on any atom is -0.384 e. The van der Waals surface area contributed by atoms with Gasteiger partial charge in [0.15, 0.2) is 0 Å². The third-order valence-corrected chi connectivity index (χ3v) is 7.41. The van der Waals surface area contributed by atoms with Gasteiger partial charge in [0.2, 0.25) is 5.91 Å². The molecule has 1 aliphatic carbocycles. The average Bonchev–Trinajstić information content (AvgIpc) is 3.67. The second-order valence-corrected chi connectivity index (χ2v) is 9.82. The highest BCUT2D eigenvalue weighted by molar-refractivity contribution is 5.97. The Morgan fingerprint density at radius 3 is 2.63 bits per heavy atom. The van der Waals surface area contributed by atoms with Crippen LogP contribution in [0.1, 0.15) is 57.3 Å². The number of piperazine rings is 1. The number of aryl methyl sites for hydroxylation is 1. The summed E-state index contributed by atoms with van der Waals surface area (Å²) in [5.41, 5.74) is 3.94. The number of anilines is 1. The van der Waals surface area contributed by atoms with Crippen molar-refractivity contribution >= 4 is 17.6 Å². The van der Waals surface area contributed by atoms with Crippen molar-refractivity contribution in [1.29, 1.82) is 5.26 Å². The standard InChI is InChI=1S/C27H31N5O3/c1-17-11-21(18-3-4-18)14-29-25(17)31-7-9-32(10-8-31)27(34)23-6-5-19(12-20(23)13-28)24-22(16-35-2)15-30-26(24)33/h5-6,11-12,14,18,22,24H,3-4,7-10,15-16H2,1-2H3,(H,30,33)/t22?,24-/m0/s1. The Labute approximate surface area is 205 Å². The van der Waals surface area contributed by atoms with Crippen molar-refractivity contribution in [2.75, 3.05) is 51.3 Å². The molecule has 1 unspecified atom stereocenters. The van der Waals surface area contributed by atoms with Gasteiger partial charge in [-0.15, -0.1) is 0 Å². The van der Waals surface area contributed by atoms with Crippen LogP contribution in [0.3, 0.4) is 0 Å². The summed E-state index contributed by atoms with van der Waals surface area (Å²) in [4.78, 5) is 34.5. The predicted octanol–water partition coefficient (Wildman–Crippen LogP) is 2.58. The van der Waals surface area contributed by atoms with Crippen LogP contribution in [0.5, 0.6) is 0 Å². The number of aromatic nitrogens is 1. The summed E-state index contributed by atoms with van der Waals surface area (Å²) in [7, 11) is 1.61. The second kappa shape index (κ2) is 9.67. The van der Waals surface area contributed by atoms with E-state index < -0.39 is 0 Å². The summed E-state index contributed by atoms with van der Waals surface area (Å²) < 4.78 is 5.26. The van der Waals surface area contributed by atoms with Gasteiger partial charge in [0.05, 0.1) is 29.7 Å². The zero-order valence-electron chi connectivity index (χ0n) is 20.3. The number of benzene rings is 1. The molecular formula is C27H31N5O3. The van der Waals surface area contributed by atoms with E-state index in [4.69, 9.17) is 9.72 Å². The van der Waals surface area contributed by atoms with Crippen LogP contribution in [-0.2, 0) is 9.53 Å². The third-order valence-electron chi connectivity index (χ3n) is 7.41. The van der Waals surface area contributed by atoms with Crippen LogP contribution in [-0.4, -0.2) is 68.1 Å². The maximum absolute atomic E-state index is 13.3. The van der Waals surface area contributed by atoms with Crippen molar-refractivity contribution in [1.82, 2.24) is 15.2 Å². The zero-order chi connectivity index (χ0) is 24.5. The number of carbonyl (C=O) groups excluding carboxylic acids is 2. The number of nitrogens with zero attached hydrogens (tertiary/aromatic N) is 4. The van der Waals surface area contributed by atoms with E-state index in [2.05, 4.69) is 29.3 Å². The van der Waals surface area contributed by atoms with E-state index in [1.807, 2.05) is 6.20 Å². The van der Waals surface area contributed by atoms with E-state index >= 15 is 0 Å². The van der Waals surface area contributed by atoms with Gasteiger partial charge in [-0.25, -0.2) is 4.98 Å². The average molecular weight is 474 g/mol. The second-order valence-electron chi connectivity index (χ2n) is 9.82. The fraction of sp³-hybridized carbons (Fsp3) is 0.481. The molecule has 3 fully saturated rings. The summed E-state index contributed by atoms with van der Waals surface area (Å²) in [6.07, 6.45) is 4.52. The molecule has 2 amide bonds. The molecule has 2 saturated heterocycles. The lowest BCUT2D eigenvalue weighted by Gasteiger charge is -2.36. The van der Waals surface area contributed by atoms with Crippen LogP contribution in [0.4, 0.5) is 5.82 Å². The van der Waals surface area contributed by atoms with Crippen LogP contribution >= 0.6 is 0 Å². The highest BCUT2D eigenvalue weighted by Crippen LogP contribution is 2.40. The number of hydrogen-bond donors (Lipinski definition) is 1. The molecular weight excluding hydrogens is 442 g/mol. The van der Waals surface area contributed by atoms with E-state index in [1.165, 1.54) is 24.0 Å². The minimum absolute atomic E-state index is 0.00378. The van der Waals surface area contributed by atoms with Crippen LogP contribution in [0.15, 0.2) is 30.5 Å². The summed E-state index contributed by atoms with van der Waals surface area (Å²) in [6.45, 7) is 5.63. The quantitative estimate of drug-likeness (QED) is 0.693. The molecule has 8 nitrogen and oxygen atoms in total. The smallest absolute Gasteiger partial charge is 0.255 e. The van der Waals surface area contributed by atoms with Crippen LogP contribution in [0.2, 0.25) is 0 Å². The van der Waals surface area contributed by atoms with Crippen molar-refractivity contribution in [2.24, 2.45) is 5.92 Å². The first-order valence-corrected chi connectivity index (χ1v) is 12.3. The Balaban J connectivity index is 1.28. The summed E-state index contributed by atoms with van der Waals surface area (Å²) in [6, 6.07) is 9.61. The Morgan fingerprint density at radius 2 is 1.97 bits per heavy atom. The maximum atomic E-state index is 13.3. The lowest BCUT2D eigenvalue weighted by Crippen LogP contribution is -2.49. The number of pyridine rings is 1. The van der Waals surface area contributed by atoms with E-state index in [-0.39, 0.29) is 23.7 Å². The van der Waals surface area contributed by atoms with Crippen molar-refractivity contribution < 1.29 is 14.3 Å². The molecule has 0 radical (unpaired) electrons. The maximum Gasteiger partial charge on any atom is 0.255 e. The first kappa shape index (κ1) is 23.3. The molecule has 2 atom stereocenters. The fourth-order valence-corrected chi connectivity index (χ4v) is 5.35. The number of nitriles is 1. The van der Waals surface area contributed by atoms with Gasteiger partial charge in [-0.2, -0.15) is 5.26 Å². The molecule has 0 bridgehead atoms. The normalized spacial score (nSPS) is 22.1. The number of hydrogen-bond acceptors (Lipinski definition) is 6. The number of methoxy groups -OCH3 is 1. The van der Waals surface area contributed by atoms with E-state index in [1.54, 1.807) is 30.2 Å². The number of ether oxygens (including phenoxy) is 1. The topological polar surface area (TPSA) is 98.6 Å². The SMILES string of the molecule is COCC1CNC(=O)[C@H]1c1ccc(C(=O)N2CCN(c3ncc(C4CC4)cc3C)CC2)c(C#N)c1. The molecule has 1 N–H and O–H groups in total. The van der Waals surface area contributed by atoms with Gasteiger partial charge < -0.3 is 19.9 Å². The van der Waals surface area contributed by atoms with E-state index in [9.17, 15) is 14.9 Å². The molecule has 35 heavy (non-hydrogen) atoms. The Bertz CT molecular complexity index is 1180. The minimum atomic E-state index is -0.378. The lowest BCUT2D eigenvalue weighted by atomic mass is 9.87. The van der Waals surface area contributed by atoms with Gasteiger partial charge in [-0.05, 0) is 54.5 Å². The molecule has 5 rings (SSSR count). The molecule has 182 valence electrons. The number of nitrogens with one attached hydrogen (secondary N) is 1. The summed E-state index contributed by atoms with van der Waals surface area (Å²) >= 11 is 0. The first-order valence-electron chi connectivity index (χ1n) is 12.3. The zero-order valence-corrected chi connectivity index (χ0v) is 20.3. The van der Waals surface area contributed by atoms with E-state index in [0.717, 1.165) is 11.4 Å². The molecule has 2 aliphatic heterocycles.